The molecule has 1 saturated heterocycles. The van der Waals surface area contributed by atoms with Gasteiger partial charge in [-0.2, -0.15) is 0 Å². The molecule has 0 spiro atoms. The molecular weight excluding hydrogens is 142 g/mol. The highest BCUT2D eigenvalue weighted by Gasteiger charge is 2.51. The Balaban J connectivity index is 2.47. The van der Waals surface area contributed by atoms with Gasteiger partial charge in [-0.25, -0.2) is 0 Å². The van der Waals surface area contributed by atoms with E-state index in [1.807, 2.05) is 6.92 Å². The average Bonchev–Trinajstić information content (AvgIpc) is 2.60. The maximum atomic E-state index is 11.0. The molecule has 3 nitrogen and oxygen atoms in total. The van der Waals surface area contributed by atoms with Crippen LogP contribution in [0.15, 0.2) is 0 Å². The maximum absolute atomic E-state index is 11.0. The van der Waals surface area contributed by atoms with Gasteiger partial charge in [0.1, 0.15) is 6.04 Å². The first-order valence-electron chi connectivity index (χ1n) is 3.95. The van der Waals surface area contributed by atoms with Gasteiger partial charge >= 0.3 is 5.97 Å². The Morgan fingerprint density at radius 3 is 2.36 bits per heavy atom. The lowest BCUT2D eigenvalue weighted by Crippen LogP contribution is -2.19. The number of nitrogens with zero attached hydrogens (tertiary/aromatic N) is 1. The molecule has 1 heterocycles. The van der Waals surface area contributed by atoms with Crippen molar-refractivity contribution in [2.24, 2.45) is 0 Å². The molecule has 1 aliphatic heterocycles. The van der Waals surface area contributed by atoms with E-state index < -0.39 is 0 Å². The van der Waals surface area contributed by atoms with E-state index in [-0.39, 0.29) is 12.0 Å². The fourth-order valence-electron chi connectivity index (χ4n) is 1.60. The molecule has 11 heavy (non-hydrogen) atoms. The summed E-state index contributed by atoms with van der Waals surface area (Å²) in [7, 11) is 1.44. The Hall–Kier alpha value is -0.570. The molecule has 0 aliphatic carbocycles. The predicted molar refractivity (Wildman–Crippen MR) is 42.2 cm³/mol. The molecule has 0 N–H and O–H groups in total. The fourth-order valence-corrected chi connectivity index (χ4v) is 1.60. The van der Waals surface area contributed by atoms with Crippen molar-refractivity contribution in [1.82, 2.24) is 4.90 Å². The third kappa shape index (κ3) is 1.38. The number of hydrogen-bond acceptors (Lipinski definition) is 3. The summed E-state index contributed by atoms with van der Waals surface area (Å²) in [6, 6.07) is 0.816. The van der Waals surface area contributed by atoms with Gasteiger partial charge in [-0.3, -0.25) is 9.69 Å². The number of rotatable bonds is 2. The maximum Gasteiger partial charge on any atom is 0.324 e. The van der Waals surface area contributed by atoms with Crippen molar-refractivity contribution in [3.05, 3.63) is 0 Å². The number of esters is 1. The molecule has 1 fully saturated rings. The monoisotopic (exact) mass is 157 g/mol. The molecule has 1 rings (SSSR count). The highest BCUT2D eigenvalue weighted by molar-refractivity contribution is 5.80. The first-order chi connectivity index (χ1) is 5.09. The molecule has 3 atom stereocenters. The highest BCUT2D eigenvalue weighted by atomic mass is 16.5. The number of carbonyl (C=O) groups is 1. The van der Waals surface area contributed by atoms with E-state index in [2.05, 4.69) is 23.5 Å². The number of carbonyl (C=O) groups excluding carboxylic acids is 1. The second-order valence-electron chi connectivity index (χ2n) is 3.25. The highest BCUT2D eigenvalue weighted by Crippen LogP contribution is 2.31. The minimum atomic E-state index is -0.105. The predicted octanol–water partition coefficient (Wildman–Crippen LogP) is 0.640. The fraction of sp³-hybridized carbons (Fsp3) is 0.875. The summed E-state index contributed by atoms with van der Waals surface area (Å²) < 4.78 is 4.64. The van der Waals surface area contributed by atoms with Crippen molar-refractivity contribution < 1.29 is 9.53 Å². The molecule has 1 unspecified atom stereocenters. The van der Waals surface area contributed by atoms with Gasteiger partial charge in [-0.1, -0.05) is 0 Å². The van der Waals surface area contributed by atoms with Crippen LogP contribution in [0.5, 0.6) is 0 Å². The summed E-state index contributed by atoms with van der Waals surface area (Å²) in [5, 5.41) is 0. The average molecular weight is 157 g/mol. The van der Waals surface area contributed by atoms with E-state index in [1.54, 1.807) is 0 Å². The first-order valence-corrected chi connectivity index (χ1v) is 3.95. The molecule has 0 aromatic rings. The molecular formula is C8H15NO2. The van der Waals surface area contributed by atoms with Crippen LogP contribution in [0.25, 0.3) is 0 Å². The molecule has 64 valence electrons. The van der Waals surface area contributed by atoms with E-state index in [4.69, 9.17) is 0 Å². The molecule has 0 saturated carbocycles. The molecule has 0 radical (unpaired) electrons. The Labute approximate surface area is 67.3 Å². The van der Waals surface area contributed by atoms with Crippen LogP contribution in [0.4, 0.5) is 0 Å². The lowest BCUT2D eigenvalue weighted by Gasteiger charge is -2.05. The van der Waals surface area contributed by atoms with Gasteiger partial charge in [-0.05, 0) is 20.8 Å². The zero-order chi connectivity index (χ0) is 8.59. The topological polar surface area (TPSA) is 29.3 Å². The summed E-state index contributed by atoms with van der Waals surface area (Å²) in [5.74, 6) is -0.105. The van der Waals surface area contributed by atoms with Gasteiger partial charge in [0.05, 0.1) is 7.11 Å². The molecule has 0 bridgehead atoms. The number of methoxy groups -OCH3 is 1. The summed E-state index contributed by atoms with van der Waals surface area (Å²) in [6.45, 7) is 6.21. The van der Waals surface area contributed by atoms with Crippen molar-refractivity contribution in [3.63, 3.8) is 0 Å². The number of hydrogen-bond donors (Lipinski definition) is 0. The van der Waals surface area contributed by atoms with E-state index in [1.165, 1.54) is 7.11 Å². The zero-order valence-corrected chi connectivity index (χ0v) is 7.50. The second kappa shape index (κ2) is 2.81. The Morgan fingerprint density at radius 1 is 1.55 bits per heavy atom. The van der Waals surface area contributed by atoms with Gasteiger partial charge in [0.15, 0.2) is 0 Å². The zero-order valence-electron chi connectivity index (χ0n) is 7.50. The quantitative estimate of drug-likeness (QED) is 0.435. The number of ether oxygens (including phenoxy) is 1. The van der Waals surface area contributed by atoms with Crippen LogP contribution in [0.3, 0.4) is 0 Å². The summed E-state index contributed by atoms with van der Waals surface area (Å²) in [6.07, 6.45) is 0. The Morgan fingerprint density at radius 2 is 2.09 bits per heavy atom. The van der Waals surface area contributed by atoms with Crippen LogP contribution in [-0.2, 0) is 9.53 Å². The van der Waals surface area contributed by atoms with Crippen molar-refractivity contribution >= 4 is 5.97 Å². The molecule has 0 aromatic carbocycles. The van der Waals surface area contributed by atoms with E-state index in [0.29, 0.717) is 12.1 Å². The van der Waals surface area contributed by atoms with Crippen molar-refractivity contribution in [2.45, 2.75) is 38.9 Å². The molecule has 0 aromatic heterocycles. The van der Waals surface area contributed by atoms with Gasteiger partial charge in [-0.15, -0.1) is 0 Å². The van der Waals surface area contributed by atoms with E-state index in [0.717, 1.165) is 0 Å². The largest absolute Gasteiger partial charge is 0.468 e. The lowest BCUT2D eigenvalue weighted by molar-refractivity contribution is -0.141. The van der Waals surface area contributed by atoms with Crippen LogP contribution in [0.2, 0.25) is 0 Å². The van der Waals surface area contributed by atoms with Gasteiger partial charge in [0, 0.05) is 12.1 Å². The van der Waals surface area contributed by atoms with E-state index in [9.17, 15) is 4.79 Å². The minimum Gasteiger partial charge on any atom is -0.468 e. The van der Waals surface area contributed by atoms with Gasteiger partial charge in [0.2, 0.25) is 0 Å². The summed E-state index contributed by atoms with van der Waals surface area (Å²) in [4.78, 5) is 13.2. The SMILES string of the molecule is COC(=O)[C@@H]1[C@@H](C)N1C(C)C. The normalized spacial score (nSPS) is 35.5. The van der Waals surface area contributed by atoms with Crippen molar-refractivity contribution in [3.8, 4) is 0 Å². The second-order valence-corrected chi connectivity index (χ2v) is 3.25. The van der Waals surface area contributed by atoms with Crippen molar-refractivity contribution in [1.29, 1.82) is 0 Å². The van der Waals surface area contributed by atoms with Gasteiger partial charge in [0.25, 0.3) is 0 Å². The van der Waals surface area contributed by atoms with Crippen LogP contribution in [0, 0.1) is 0 Å². The Kier molecular flexibility index (Phi) is 2.18. The van der Waals surface area contributed by atoms with Crippen LogP contribution in [-0.4, -0.2) is 36.1 Å². The minimum absolute atomic E-state index is 0.0139. The molecule has 3 heteroatoms. The van der Waals surface area contributed by atoms with Crippen LogP contribution in [0.1, 0.15) is 20.8 Å². The third-order valence-corrected chi connectivity index (χ3v) is 2.20. The summed E-state index contributed by atoms with van der Waals surface area (Å²) in [5.41, 5.74) is 0. The Bertz CT molecular complexity index is 167. The van der Waals surface area contributed by atoms with Crippen LogP contribution < -0.4 is 0 Å². The first kappa shape index (κ1) is 8.53. The third-order valence-electron chi connectivity index (χ3n) is 2.20. The lowest BCUT2D eigenvalue weighted by atomic mass is 10.3. The van der Waals surface area contributed by atoms with Crippen molar-refractivity contribution in [2.75, 3.05) is 7.11 Å². The van der Waals surface area contributed by atoms with Crippen LogP contribution >= 0.6 is 0 Å². The van der Waals surface area contributed by atoms with Gasteiger partial charge < -0.3 is 4.74 Å². The molecule has 0 amide bonds. The smallest absolute Gasteiger partial charge is 0.324 e. The molecule has 1 aliphatic rings. The van der Waals surface area contributed by atoms with E-state index >= 15 is 0 Å². The summed E-state index contributed by atoms with van der Waals surface area (Å²) >= 11 is 0. The standard InChI is InChI=1S/C8H15NO2/c1-5(2)9-6(3)7(9)8(10)11-4/h5-7H,1-4H3/t6-,7+,9?/m1/s1.